The number of rotatable bonds is 3. The number of para-hydroxylation sites is 2. The van der Waals surface area contributed by atoms with Crippen LogP contribution in [0.5, 0.6) is 11.5 Å². The summed E-state index contributed by atoms with van der Waals surface area (Å²) in [7, 11) is 0. The lowest BCUT2D eigenvalue weighted by Crippen LogP contribution is -1.99. The van der Waals surface area contributed by atoms with E-state index in [0.29, 0.717) is 17.3 Å². The molecule has 0 atom stereocenters. The lowest BCUT2D eigenvalue weighted by molar-refractivity contribution is 0.476. The minimum Gasteiger partial charge on any atom is -0.455 e. The SMILES string of the molecule is NCc1cccc(Cl)c1Oc1ccccc1. The number of benzene rings is 2. The monoisotopic (exact) mass is 233 g/mol. The largest absolute Gasteiger partial charge is 0.455 e. The van der Waals surface area contributed by atoms with E-state index in [0.717, 1.165) is 11.3 Å². The van der Waals surface area contributed by atoms with Gasteiger partial charge in [0.15, 0.2) is 0 Å². The Morgan fingerprint density at radius 2 is 1.75 bits per heavy atom. The van der Waals surface area contributed by atoms with Gasteiger partial charge in [-0.05, 0) is 18.2 Å². The highest BCUT2D eigenvalue weighted by atomic mass is 35.5. The van der Waals surface area contributed by atoms with Crippen LogP contribution in [-0.4, -0.2) is 0 Å². The van der Waals surface area contributed by atoms with Crippen molar-refractivity contribution >= 4 is 11.6 Å². The molecule has 0 saturated carbocycles. The fourth-order valence-electron chi connectivity index (χ4n) is 1.43. The second-order valence-electron chi connectivity index (χ2n) is 3.35. The fraction of sp³-hybridized carbons (Fsp3) is 0.0769. The van der Waals surface area contributed by atoms with Crippen LogP contribution in [0.2, 0.25) is 5.02 Å². The number of nitrogens with two attached hydrogens (primary N) is 1. The summed E-state index contributed by atoms with van der Waals surface area (Å²) in [4.78, 5) is 0. The van der Waals surface area contributed by atoms with Gasteiger partial charge in [-0.15, -0.1) is 0 Å². The molecule has 0 fully saturated rings. The molecule has 2 aromatic rings. The van der Waals surface area contributed by atoms with Crippen LogP contribution >= 0.6 is 11.6 Å². The van der Waals surface area contributed by atoms with E-state index in [1.807, 2.05) is 42.5 Å². The molecule has 82 valence electrons. The summed E-state index contributed by atoms with van der Waals surface area (Å²) in [5, 5.41) is 0.576. The molecule has 0 aromatic heterocycles. The summed E-state index contributed by atoms with van der Waals surface area (Å²) in [6, 6.07) is 15.1. The summed E-state index contributed by atoms with van der Waals surface area (Å²) in [6.45, 7) is 0.405. The van der Waals surface area contributed by atoms with Gasteiger partial charge in [0.1, 0.15) is 11.5 Å². The first-order valence-electron chi connectivity index (χ1n) is 5.01. The zero-order valence-electron chi connectivity index (χ0n) is 8.69. The van der Waals surface area contributed by atoms with Crippen LogP contribution in [-0.2, 0) is 6.54 Å². The summed E-state index contributed by atoms with van der Waals surface area (Å²) < 4.78 is 5.72. The van der Waals surface area contributed by atoms with E-state index < -0.39 is 0 Å². The molecule has 0 aliphatic heterocycles. The van der Waals surface area contributed by atoms with Crippen molar-refractivity contribution in [3.63, 3.8) is 0 Å². The van der Waals surface area contributed by atoms with Crippen LogP contribution in [0, 0.1) is 0 Å². The summed E-state index contributed by atoms with van der Waals surface area (Å²) in [5.74, 6) is 1.39. The Kier molecular flexibility index (Phi) is 3.44. The van der Waals surface area contributed by atoms with Crippen LogP contribution in [0.3, 0.4) is 0 Å². The quantitative estimate of drug-likeness (QED) is 0.879. The Labute approximate surface area is 99.6 Å². The highest BCUT2D eigenvalue weighted by Gasteiger charge is 2.07. The third kappa shape index (κ3) is 2.35. The molecule has 0 aliphatic carbocycles. The first-order valence-corrected chi connectivity index (χ1v) is 5.39. The average molecular weight is 234 g/mol. The molecular formula is C13H12ClNO. The van der Waals surface area contributed by atoms with Gasteiger partial charge >= 0.3 is 0 Å². The number of ether oxygens (including phenoxy) is 1. The maximum absolute atomic E-state index is 6.08. The maximum Gasteiger partial charge on any atom is 0.150 e. The Hall–Kier alpha value is -1.51. The molecule has 2 aromatic carbocycles. The van der Waals surface area contributed by atoms with Gasteiger partial charge in [0.05, 0.1) is 5.02 Å². The van der Waals surface area contributed by atoms with Crippen LogP contribution < -0.4 is 10.5 Å². The molecule has 2 N–H and O–H groups in total. The van der Waals surface area contributed by atoms with Crippen LogP contribution in [0.25, 0.3) is 0 Å². The number of hydrogen-bond donors (Lipinski definition) is 1. The molecular weight excluding hydrogens is 222 g/mol. The van der Waals surface area contributed by atoms with Gasteiger partial charge in [0, 0.05) is 12.1 Å². The van der Waals surface area contributed by atoms with E-state index in [4.69, 9.17) is 22.1 Å². The van der Waals surface area contributed by atoms with E-state index in [1.165, 1.54) is 0 Å². The van der Waals surface area contributed by atoms with Crippen LogP contribution in [0.15, 0.2) is 48.5 Å². The zero-order valence-corrected chi connectivity index (χ0v) is 9.45. The van der Waals surface area contributed by atoms with Gasteiger partial charge in [0.25, 0.3) is 0 Å². The molecule has 0 aliphatic rings. The molecule has 2 rings (SSSR count). The van der Waals surface area contributed by atoms with Gasteiger partial charge < -0.3 is 10.5 Å². The molecule has 0 amide bonds. The van der Waals surface area contributed by atoms with Crippen molar-refractivity contribution in [1.82, 2.24) is 0 Å². The lowest BCUT2D eigenvalue weighted by Gasteiger charge is -2.11. The third-order valence-electron chi connectivity index (χ3n) is 2.23. The molecule has 3 heteroatoms. The molecule has 0 spiro atoms. The first-order chi connectivity index (χ1) is 7.81. The topological polar surface area (TPSA) is 35.2 Å². The van der Waals surface area contributed by atoms with E-state index in [2.05, 4.69) is 0 Å². The molecule has 0 heterocycles. The summed E-state index contributed by atoms with van der Waals surface area (Å²) in [5.41, 5.74) is 6.53. The standard InChI is InChI=1S/C13H12ClNO/c14-12-8-4-5-10(9-15)13(12)16-11-6-2-1-3-7-11/h1-8H,9,15H2. The Bertz CT molecular complexity index is 471. The smallest absolute Gasteiger partial charge is 0.150 e. The molecule has 16 heavy (non-hydrogen) atoms. The minimum atomic E-state index is 0.405. The van der Waals surface area contributed by atoms with Gasteiger partial charge in [-0.1, -0.05) is 41.9 Å². The predicted molar refractivity (Wildman–Crippen MR) is 65.9 cm³/mol. The Balaban J connectivity index is 2.34. The molecule has 0 bridgehead atoms. The van der Waals surface area contributed by atoms with Gasteiger partial charge in [0.2, 0.25) is 0 Å². The van der Waals surface area contributed by atoms with Crippen LogP contribution in [0.1, 0.15) is 5.56 Å². The van der Waals surface area contributed by atoms with Crippen molar-refractivity contribution in [3.8, 4) is 11.5 Å². The summed E-state index contributed by atoms with van der Waals surface area (Å²) in [6.07, 6.45) is 0. The normalized spacial score (nSPS) is 10.1. The summed E-state index contributed by atoms with van der Waals surface area (Å²) >= 11 is 6.08. The molecule has 0 unspecified atom stereocenters. The maximum atomic E-state index is 6.08. The number of hydrogen-bond acceptors (Lipinski definition) is 2. The van der Waals surface area contributed by atoms with Crippen molar-refractivity contribution in [1.29, 1.82) is 0 Å². The third-order valence-corrected chi connectivity index (χ3v) is 2.53. The van der Waals surface area contributed by atoms with Crippen molar-refractivity contribution in [2.75, 3.05) is 0 Å². The molecule has 0 saturated heterocycles. The second-order valence-corrected chi connectivity index (χ2v) is 3.75. The molecule has 0 radical (unpaired) electrons. The predicted octanol–water partition coefficient (Wildman–Crippen LogP) is 3.59. The average Bonchev–Trinajstić information content (AvgIpc) is 2.33. The Morgan fingerprint density at radius 1 is 1.00 bits per heavy atom. The first kappa shape index (κ1) is 11.0. The van der Waals surface area contributed by atoms with E-state index in [9.17, 15) is 0 Å². The van der Waals surface area contributed by atoms with E-state index in [-0.39, 0.29) is 0 Å². The molecule has 2 nitrogen and oxygen atoms in total. The fourth-order valence-corrected chi connectivity index (χ4v) is 1.67. The van der Waals surface area contributed by atoms with Gasteiger partial charge in [-0.25, -0.2) is 0 Å². The van der Waals surface area contributed by atoms with Crippen molar-refractivity contribution < 1.29 is 4.74 Å². The van der Waals surface area contributed by atoms with Crippen molar-refractivity contribution in [2.45, 2.75) is 6.54 Å². The minimum absolute atomic E-state index is 0.405. The van der Waals surface area contributed by atoms with E-state index >= 15 is 0 Å². The zero-order chi connectivity index (χ0) is 11.4. The van der Waals surface area contributed by atoms with Gasteiger partial charge in [-0.3, -0.25) is 0 Å². The second kappa shape index (κ2) is 5.01. The Morgan fingerprint density at radius 3 is 2.44 bits per heavy atom. The van der Waals surface area contributed by atoms with E-state index in [1.54, 1.807) is 6.07 Å². The van der Waals surface area contributed by atoms with Gasteiger partial charge in [-0.2, -0.15) is 0 Å². The van der Waals surface area contributed by atoms with Crippen molar-refractivity contribution in [3.05, 3.63) is 59.1 Å². The lowest BCUT2D eigenvalue weighted by atomic mass is 10.2. The highest BCUT2D eigenvalue weighted by Crippen LogP contribution is 2.32. The highest BCUT2D eigenvalue weighted by molar-refractivity contribution is 6.32. The number of halogens is 1. The van der Waals surface area contributed by atoms with Crippen molar-refractivity contribution in [2.24, 2.45) is 5.73 Å². The van der Waals surface area contributed by atoms with Crippen LogP contribution in [0.4, 0.5) is 0 Å².